The second-order valence-corrected chi connectivity index (χ2v) is 6.92. The van der Waals surface area contributed by atoms with E-state index in [1.807, 2.05) is 0 Å². The topological polar surface area (TPSA) is 29.9 Å². The van der Waals surface area contributed by atoms with Crippen molar-refractivity contribution in [3.05, 3.63) is 30.1 Å². The summed E-state index contributed by atoms with van der Waals surface area (Å²) in [5.41, 5.74) is 2.48. The summed E-state index contributed by atoms with van der Waals surface area (Å²) in [6.45, 7) is 9.12. The van der Waals surface area contributed by atoms with Gasteiger partial charge in [-0.2, -0.15) is 0 Å². The summed E-state index contributed by atoms with van der Waals surface area (Å²) in [5.74, 6) is 2.03. The van der Waals surface area contributed by atoms with Crippen LogP contribution in [0.1, 0.15) is 39.4 Å². The third-order valence-electron chi connectivity index (χ3n) is 4.23. The highest BCUT2D eigenvalue weighted by Gasteiger charge is 2.23. The molecule has 20 heavy (non-hydrogen) atoms. The van der Waals surface area contributed by atoms with Crippen LogP contribution in [0.4, 0.5) is 0 Å². The van der Waals surface area contributed by atoms with E-state index >= 15 is 0 Å². The zero-order chi connectivity index (χ0) is 14.2. The molecule has 3 nitrogen and oxygen atoms in total. The average Bonchev–Trinajstić information content (AvgIpc) is 2.77. The van der Waals surface area contributed by atoms with E-state index in [-0.39, 0.29) is 5.54 Å². The number of nitrogens with zero attached hydrogens (tertiary/aromatic N) is 2. The van der Waals surface area contributed by atoms with Gasteiger partial charge in [0.15, 0.2) is 0 Å². The molecule has 1 N–H and O–H groups in total. The molecule has 1 aromatic heterocycles. The van der Waals surface area contributed by atoms with Gasteiger partial charge in [-0.05, 0) is 64.8 Å². The standard InChI is InChI=1S/C17H25N3/c1-17(2,3)20-15-7-5-4-6-14(15)19-16(20)12-13-8-10-18-11-9-13/h4-7,13,18H,8-12H2,1-3H3. The summed E-state index contributed by atoms with van der Waals surface area (Å²) in [7, 11) is 0. The van der Waals surface area contributed by atoms with Crippen molar-refractivity contribution in [1.82, 2.24) is 14.9 Å². The molecule has 0 amide bonds. The number of hydrogen-bond acceptors (Lipinski definition) is 2. The Morgan fingerprint density at radius 3 is 2.60 bits per heavy atom. The van der Waals surface area contributed by atoms with Crippen LogP contribution in [0.25, 0.3) is 11.0 Å². The Hall–Kier alpha value is -1.35. The van der Waals surface area contributed by atoms with E-state index in [4.69, 9.17) is 4.98 Å². The molecule has 1 saturated heterocycles. The van der Waals surface area contributed by atoms with Crippen molar-refractivity contribution < 1.29 is 0 Å². The van der Waals surface area contributed by atoms with Gasteiger partial charge in [-0.25, -0.2) is 4.98 Å². The van der Waals surface area contributed by atoms with Gasteiger partial charge < -0.3 is 9.88 Å². The molecule has 1 aromatic carbocycles. The average molecular weight is 271 g/mol. The molecule has 1 aliphatic heterocycles. The summed E-state index contributed by atoms with van der Waals surface area (Å²) < 4.78 is 2.43. The van der Waals surface area contributed by atoms with Gasteiger partial charge in [0.1, 0.15) is 5.82 Å². The Labute approximate surface area is 121 Å². The second-order valence-electron chi connectivity index (χ2n) is 6.92. The molecule has 0 aliphatic carbocycles. The van der Waals surface area contributed by atoms with E-state index < -0.39 is 0 Å². The number of fused-ring (bicyclic) bond motifs is 1. The summed E-state index contributed by atoms with van der Waals surface area (Å²) in [6.07, 6.45) is 3.65. The molecule has 0 unspecified atom stereocenters. The summed E-state index contributed by atoms with van der Waals surface area (Å²) in [4.78, 5) is 4.92. The Bertz CT molecular complexity index is 586. The minimum Gasteiger partial charge on any atom is -0.323 e. The van der Waals surface area contributed by atoms with Crippen molar-refractivity contribution in [3.63, 3.8) is 0 Å². The van der Waals surface area contributed by atoms with Gasteiger partial charge in [0, 0.05) is 12.0 Å². The highest BCUT2D eigenvalue weighted by molar-refractivity contribution is 5.76. The van der Waals surface area contributed by atoms with E-state index in [1.54, 1.807) is 0 Å². The largest absolute Gasteiger partial charge is 0.323 e. The Balaban J connectivity index is 2.00. The van der Waals surface area contributed by atoms with E-state index in [1.165, 1.54) is 24.2 Å². The zero-order valence-electron chi connectivity index (χ0n) is 12.8. The fourth-order valence-corrected chi connectivity index (χ4v) is 3.31. The second kappa shape index (κ2) is 5.21. The van der Waals surface area contributed by atoms with Gasteiger partial charge in [0.05, 0.1) is 11.0 Å². The summed E-state index contributed by atoms with van der Waals surface area (Å²) in [5, 5.41) is 3.44. The molecule has 3 heteroatoms. The van der Waals surface area contributed by atoms with E-state index in [0.717, 1.165) is 30.9 Å². The maximum absolute atomic E-state index is 4.92. The molecule has 108 valence electrons. The van der Waals surface area contributed by atoms with Crippen LogP contribution in [0.3, 0.4) is 0 Å². The van der Waals surface area contributed by atoms with Crippen molar-refractivity contribution in [2.45, 2.75) is 45.6 Å². The maximum Gasteiger partial charge on any atom is 0.110 e. The number of hydrogen-bond donors (Lipinski definition) is 1. The Kier molecular flexibility index (Phi) is 3.55. The number of rotatable bonds is 2. The first-order valence-corrected chi connectivity index (χ1v) is 7.73. The van der Waals surface area contributed by atoms with E-state index in [0.29, 0.717) is 0 Å². The molecular formula is C17H25N3. The molecule has 1 aliphatic rings. The smallest absolute Gasteiger partial charge is 0.110 e. The first-order valence-electron chi connectivity index (χ1n) is 7.73. The highest BCUT2D eigenvalue weighted by Crippen LogP contribution is 2.28. The number of benzene rings is 1. The maximum atomic E-state index is 4.92. The number of piperidine rings is 1. The number of aromatic nitrogens is 2. The van der Waals surface area contributed by atoms with Crippen molar-refractivity contribution in [2.75, 3.05) is 13.1 Å². The molecule has 2 aromatic rings. The van der Waals surface area contributed by atoms with Crippen LogP contribution >= 0.6 is 0 Å². The number of nitrogens with one attached hydrogen (secondary N) is 1. The molecule has 0 spiro atoms. The van der Waals surface area contributed by atoms with Crippen molar-refractivity contribution in [2.24, 2.45) is 5.92 Å². The van der Waals surface area contributed by atoms with Crippen molar-refractivity contribution in [3.8, 4) is 0 Å². The van der Waals surface area contributed by atoms with Crippen LogP contribution in [-0.4, -0.2) is 22.6 Å². The fraction of sp³-hybridized carbons (Fsp3) is 0.588. The lowest BCUT2D eigenvalue weighted by molar-refractivity contribution is 0.341. The third-order valence-corrected chi connectivity index (χ3v) is 4.23. The summed E-state index contributed by atoms with van der Waals surface area (Å²) in [6, 6.07) is 8.51. The minimum atomic E-state index is 0.0817. The molecule has 0 radical (unpaired) electrons. The van der Waals surface area contributed by atoms with Crippen molar-refractivity contribution in [1.29, 1.82) is 0 Å². The molecule has 0 saturated carbocycles. The van der Waals surface area contributed by atoms with Crippen LogP contribution < -0.4 is 5.32 Å². The first-order chi connectivity index (χ1) is 9.55. The minimum absolute atomic E-state index is 0.0817. The van der Waals surface area contributed by atoms with Crippen LogP contribution in [0.5, 0.6) is 0 Å². The van der Waals surface area contributed by atoms with E-state index in [9.17, 15) is 0 Å². The molecule has 0 bridgehead atoms. The van der Waals surface area contributed by atoms with Crippen LogP contribution in [0, 0.1) is 5.92 Å². The van der Waals surface area contributed by atoms with Crippen molar-refractivity contribution >= 4 is 11.0 Å². The van der Waals surface area contributed by atoms with Gasteiger partial charge in [-0.1, -0.05) is 12.1 Å². The lowest BCUT2D eigenvalue weighted by atomic mass is 9.94. The lowest BCUT2D eigenvalue weighted by Crippen LogP contribution is -2.30. The van der Waals surface area contributed by atoms with Gasteiger partial charge in [-0.15, -0.1) is 0 Å². The van der Waals surface area contributed by atoms with Gasteiger partial charge in [-0.3, -0.25) is 0 Å². The fourth-order valence-electron chi connectivity index (χ4n) is 3.31. The van der Waals surface area contributed by atoms with E-state index in [2.05, 4.69) is 54.9 Å². The van der Waals surface area contributed by atoms with Crippen LogP contribution in [-0.2, 0) is 12.0 Å². The molecule has 0 atom stereocenters. The Morgan fingerprint density at radius 1 is 1.20 bits per heavy atom. The molecule has 2 heterocycles. The number of para-hydroxylation sites is 2. The first kappa shape index (κ1) is 13.6. The lowest BCUT2D eigenvalue weighted by Gasteiger charge is -2.27. The quantitative estimate of drug-likeness (QED) is 0.908. The predicted octanol–water partition coefficient (Wildman–Crippen LogP) is 3.33. The molecule has 3 rings (SSSR count). The molecule has 1 fully saturated rings. The third kappa shape index (κ3) is 2.59. The Morgan fingerprint density at radius 2 is 1.90 bits per heavy atom. The molecular weight excluding hydrogens is 246 g/mol. The zero-order valence-corrected chi connectivity index (χ0v) is 12.8. The van der Waals surface area contributed by atoms with Crippen LogP contribution in [0.15, 0.2) is 24.3 Å². The number of imidazole rings is 1. The van der Waals surface area contributed by atoms with Gasteiger partial charge >= 0.3 is 0 Å². The highest BCUT2D eigenvalue weighted by atomic mass is 15.1. The predicted molar refractivity (Wildman–Crippen MR) is 84.0 cm³/mol. The van der Waals surface area contributed by atoms with Crippen LogP contribution in [0.2, 0.25) is 0 Å². The SMILES string of the molecule is CC(C)(C)n1c(CC2CCNCC2)nc2ccccc21. The summed E-state index contributed by atoms with van der Waals surface area (Å²) >= 11 is 0. The monoisotopic (exact) mass is 271 g/mol. The van der Waals surface area contributed by atoms with Gasteiger partial charge in [0.25, 0.3) is 0 Å². The van der Waals surface area contributed by atoms with Gasteiger partial charge in [0.2, 0.25) is 0 Å². The normalized spacial score (nSPS) is 17.8.